The van der Waals surface area contributed by atoms with Gasteiger partial charge in [-0.15, -0.1) is 0 Å². The molecule has 0 aliphatic carbocycles. The van der Waals surface area contributed by atoms with Gasteiger partial charge in [0.25, 0.3) is 0 Å². The number of unbranched alkanes of at least 4 members (excludes halogenated alkanes) is 9. The molecular formula is C17H34NaO. The van der Waals surface area contributed by atoms with Gasteiger partial charge in [-0.2, -0.15) is 0 Å². The van der Waals surface area contributed by atoms with Gasteiger partial charge < -0.3 is 0 Å². The van der Waals surface area contributed by atoms with Gasteiger partial charge in [0.2, 0.25) is 0 Å². The van der Waals surface area contributed by atoms with Gasteiger partial charge in [-0.3, -0.25) is 4.79 Å². The van der Waals surface area contributed by atoms with Crippen molar-refractivity contribution in [3.05, 3.63) is 6.92 Å². The summed E-state index contributed by atoms with van der Waals surface area (Å²) in [4.78, 5) is 10.6. The molecule has 0 saturated heterocycles. The van der Waals surface area contributed by atoms with Gasteiger partial charge in [-0.1, -0.05) is 78.1 Å². The Labute approximate surface area is 143 Å². The van der Waals surface area contributed by atoms with Crippen LogP contribution in [-0.4, -0.2) is 35.3 Å². The average molecular weight is 277 g/mol. The number of hydrogen-bond donors (Lipinski definition) is 0. The summed E-state index contributed by atoms with van der Waals surface area (Å²) in [6.45, 7) is 8.01. The number of carbonyl (C=O) groups excluding carboxylic acids is 1. The minimum absolute atomic E-state index is 0. The first-order chi connectivity index (χ1) is 8.63. The van der Waals surface area contributed by atoms with Crippen LogP contribution in [0.25, 0.3) is 0 Å². The fraction of sp³-hybridized carbons (Fsp3) is 0.882. The molecule has 19 heavy (non-hydrogen) atoms. The van der Waals surface area contributed by atoms with Crippen LogP contribution in [0.1, 0.15) is 90.9 Å². The van der Waals surface area contributed by atoms with Crippen LogP contribution >= 0.6 is 0 Å². The summed E-state index contributed by atoms with van der Waals surface area (Å²) < 4.78 is 0. The fourth-order valence-electron chi connectivity index (χ4n) is 2.29. The molecule has 1 radical (unpaired) electrons. The van der Waals surface area contributed by atoms with Gasteiger partial charge in [0.05, 0.1) is 0 Å². The minimum atomic E-state index is 0. The second-order valence-electron chi connectivity index (χ2n) is 6.01. The zero-order chi connectivity index (χ0) is 13.6. The fourth-order valence-corrected chi connectivity index (χ4v) is 2.29. The summed E-state index contributed by atoms with van der Waals surface area (Å²) in [6.07, 6.45) is 15.4. The molecule has 1 nitrogen and oxygen atoms in total. The quantitative estimate of drug-likeness (QED) is 0.339. The van der Waals surface area contributed by atoms with Crippen molar-refractivity contribution in [3.8, 4) is 0 Å². The molecule has 0 rings (SSSR count). The predicted octanol–water partition coefficient (Wildman–Crippen LogP) is 5.08. The maximum atomic E-state index is 10.6. The Kier molecular flexibility index (Phi) is 19.3. The van der Waals surface area contributed by atoms with E-state index in [-0.39, 0.29) is 35.3 Å². The van der Waals surface area contributed by atoms with Crippen molar-refractivity contribution in [2.45, 2.75) is 90.9 Å². The maximum absolute atomic E-state index is 10.6. The van der Waals surface area contributed by atoms with Crippen molar-refractivity contribution < 1.29 is 4.79 Å². The molecule has 0 aromatic carbocycles. The molecule has 0 unspecified atom stereocenters. The molecule has 0 heterocycles. The van der Waals surface area contributed by atoms with Gasteiger partial charge in [0.1, 0.15) is 5.78 Å². The molecule has 0 aliphatic heterocycles. The van der Waals surface area contributed by atoms with E-state index in [0.717, 1.165) is 12.3 Å². The number of rotatable bonds is 13. The Balaban J connectivity index is 0. The topological polar surface area (TPSA) is 17.1 Å². The van der Waals surface area contributed by atoms with E-state index < -0.39 is 0 Å². The second kappa shape index (κ2) is 16.7. The van der Waals surface area contributed by atoms with E-state index in [9.17, 15) is 4.79 Å². The molecule has 0 N–H and O–H groups in total. The van der Waals surface area contributed by atoms with E-state index >= 15 is 0 Å². The summed E-state index contributed by atoms with van der Waals surface area (Å²) >= 11 is 0. The Bertz CT molecular complexity index is 190. The Morgan fingerprint density at radius 1 is 0.789 bits per heavy atom. The van der Waals surface area contributed by atoms with Crippen LogP contribution in [0.3, 0.4) is 0 Å². The molecule has 0 spiro atoms. The molecule has 0 amide bonds. The van der Waals surface area contributed by atoms with Crippen LogP contribution in [0.2, 0.25) is 0 Å². The third-order valence-electron chi connectivity index (χ3n) is 3.49. The van der Waals surface area contributed by atoms with Gasteiger partial charge >= 0.3 is 29.6 Å². The molecular weight excluding hydrogens is 243 g/mol. The van der Waals surface area contributed by atoms with Crippen molar-refractivity contribution in [2.24, 2.45) is 5.92 Å². The van der Waals surface area contributed by atoms with Crippen LogP contribution in [0.5, 0.6) is 0 Å². The molecule has 109 valence electrons. The van der Waals surface area contributed by atoms with Crippen LogP contribution in [0.4, 0.5) is 0 Å². The SMILES string of the molecule is [CH2]C(=O)CCCCCCCCCCCCC(C)C.[NaH]. The average Bonchev–Trinajstić information content (AvgIpc) is 2.29. The van der Waals surface area contributed by atoms with Crippen molar-refractivity contribution in [1.29, 1.82) is 0 Å². The molecule has 0 aliphatic rings. The van der Waals surface area contributed by atoms with Gasteiger partial charge in [0.15, 0.2) is 0 Å². The molecule has 0 saturated carbocycles. The molecule has 0 bridgehead atoms. The molecule has 0 aromatic heterocycles. The van der Waals surface area contributed by atoms with Crippen molar-refractivity contribution in [1.82, 2.24) is 0 Å². The summed E-state index contributed by atoms with van der Waals surface area (Å²) in [6, 6.07) is 0. The monoisotopic (exact) mass is 277 g/mol. The third kappa shape index (κ3) is 21.1. The van der Waals surface area contributed by atoms with Crippen molar-refractivity contribution >= 4 is 35.3 Å². The third-order valence-corrected chi connectivity index (χ3v) is 3.49. The van der Waals surface area contributed by atoms with Crippen molar-refractivity contribution in [3.63, 3.8) is 0 Å². The zero-order valence-electron chi connectivity index (χ0n) is 12.7. The molecule has 0 atom stereocenters. The normalized spacial score (nSPS) is 10.5. The Morgan fingerprint density at radius 2 is 1.16 bits per heavy atom. The van der Waals surface area contributed by atoms with Gasteiger partial charge in [0, 0.05) is 13.3 Å². The number of hydrogen-bond acceptors (Lipinski definition) is 1. The first kappa shape index (κ1) is 22.0. The number of carbonyl (C=O) groups is 1. The van der Waals surface area contributed by atoms with Gasteiger partial charge in [-0.05, 0) is 12.3 Å². The summed E-state index contributed by atoms with van der Waals surface area (Å²) in [5, 5.41) is 0. The van der Waals surface area contributed by atoms with E-state index in [0.29, 0.717) is 6.42 Å². The van der Waals surface area contributed by atoms with Gasteiger partial charge in [-0.25, -0.2) is 0 Å². The standard InChI is InChI=1S/C17H33O.Na.H/c1-16(2)14-12-10-8-6-4-5-7-9-11-13-15-17(3)18;;/h16H,3-15H2,1-2H3;;. The summed E-state index contributed by atoms with van der Waals surface area (Å²) in [7, 11) is 0. The van der Waals surface area contributed by atoms with Crippen LogP contribution in [-0.2, 0) is 4.79 Å². The summed E-state index contributed by atoms with van der Waals surface area (Å²) in [5.74, 6) is 0.964. The van der Waals surface area contributed by atoms with Crippen molar-refractivity contribution in [2.75, 3.05) is 0 Å². The van der Waals surface area contributed by atoms with E-state index in [1.54, 1.807) is 0 Å². The van der Waals surface area contributed by atoms with E-state index in [1.807, 2.05) is 0 Å². The Hall–Kier alpha value is 0.670. The predicted molar refractivity (Wildman–Crippen MR) is 87.8 cm³/mol. The Morgan fingerprint density at radius 3 is 1.53 bits per heavy atom. The second-order valence-corrected chi connectivity index (χ2v) is 6.01. The van der Waals surface area contributed by atoms with E-state index in [1.165, 1.54) is 64.2 Å². The first-order valence-corrected chi connectivity index (χ1v) is 7.97. The van der Waals surface area contributed by atoms with E-state index in [2.05, 4.69) is 20.8 Å². The van der Waals surface area contributed by atoms with E-state index in [4.69, 9.17) is 0 Å². The van der Waals surface area contributed by atoms with Crippen LogP contribution in [0.15, 0.2) is 0 Å². The van der Waals surface area contributed by atoms with Crippen LogP contribution < -0.4 is 0 Å². The molecule has 2 heteroatoms. The number of ketones is 1. The summed E-state index contributed by atoms with van der Waals surface area (Å²) in [5.41, 5.74) is 0. The molecule has 0 fully saturated rings. The number of Topliss-reactive ketones (excluding diaryl/α,β-unsaturated/α-hetero) is 1. The zero-order valence-corrected chi connectivity index (χ0v) is 12.7. The molecule has 0 aromatic rings. The first-order valence-electron chi connectivity index (χ1n) is 7.97. The van der Waals surface area contributed by atoms with Crippen LogP contribution in [0, 0.1) is 12.8 Å².